The zero-order chi connectivity index (χ0) is 22.9. The minimum atomic E-state index is -4.90. The van der Waals surface area contributed by atoms with Crippen LogP contribution in [0.15, 0.2) is 42.9 Å². The minimum absolute atomic E-state index is 0.0139. The molecule has 4 rings (SSSR count). The van der Waals surface area contributed by atoms with E-state index in [0.717, 1.165) is 11.0 Å². The van der Waals surface area contributed by atoms with E-state index in [0.29, 0.717) is 0 Å². The Hall–Kier alpha value is -4.80. The lowest BCUT2D eigenvalue weighted by Gasteiger charge is -2.10. The Kier molecular flexibility index (Phi) is 4.99. The van der Waals surface area contributed by atoms with Crippen LogP contribution in [-0.2, 0) is 6.18 Å². The number of nitrogen functional groups attached to an aromatic ring is 1. The Bertz CT molecular complexity index is 1340. The molecule has 0 saturated heterocycles. The number of H-pyrrole nitrogens is 1. The molecule has 0 atom stereocenters. The fraction of sp³-hybridized carbons (Fsp3) is 0.0556. The van der Waals surface area contributed by atoms with Gasteiger partial charge in [-0.25, -0.2) is 9.97 Å². The van der Waals surface area contributed by atoms with Gasteiger partial charge in [0.15, 0.2) is 11.5 Å². The molecule has 0 bridgehead atoms. The number of nitrogens with two attached hydrogens (primary N) is 1. The summed E-state index contributed by atoms with van der Waals surface area (Å²) in [5, 5.41) is 24.9. The van der Waals surface area contributed by atoms with Crippen molar-refractivity contribution in [1.82, 2.24) is 35.2 Å². The number of hydrogen-bond donors (Lipinski definition) is 3. The molecule has 0 fully saturated rings. The zero-order valence-corrected chi connectivity index (χ0v) is 15.8. The summed E-state index contributed by atoms with van der Waals surface area (Å²) in [5.41, 5.74) is 3.05. The molecular formula is C18H11F3N10O. The topological polar surface area (TPSA) is 164 Å². The first-order valence-electron chi connectivity index (χ1n) is 8.74. The maximum atomic E-state index is 13.5. The largest absolute Gasteiger partial charge is 0.433 e. The van der Waals surface area contributed by atoms with Gasteiger partial charge < -0.3 is 11.1 Å². The Morgan fingerprint density at radius 2 is 2.00 bits per heavy atom. The van der Waals surface area contributed by atoms with Gasteiger partial charge >= 0.3 is 6.18 Å². The molecule has 4 aromatic heterocycles. The molecule has 4 aromatic rings. The number of carbonyl (C=O) groups is 1. The van der Waals surface area contributed by atoms with Crippen LogP contribution in [0.25, 0.3) is 17.2 Å². The number of pyridine rings is 2. The Labute approximate surface area is 176 Å². The molecule has 0 aliphatic rings. The number of aromatic nitrogens is 7. The van der Waals surface area contributed by atoms with E-state index in [4.69, 9.17) is 5.73 Å². The molecule has 0 unspecified atom stereocenters. The van der Waals surface area contributed by atoms with Gasteiger partial charge in [0.1, 0.15) is 23.1 Å². The smallest absolute Gasteiger partial charge is 0.384 e. The average Bonchev–Trinajstić information content (AvgIpc) is 3.43. The quantitative estimate of drug-likeness (QED) is 0.434. The highest BCUT2D eigenvalue weighted by atomic mass is 19.4. The van der Waals surface area contributed by atoms with E-state index in [1.807, 2.05) is 11.2 Å². The number of amides is 1. The molecule has 0 saturated carbocycles. The molecule has 11 nitrogen and oxygen atoms in total. The van der Waals surface area contributed by atoms with Crippen LogP contribution in [0, 0.1) is 11.3 Å². The Morgan fingerprint density at radius 3 is 2.66 bits per heavy atom. The van der Waals surface area contributed by atoms with Crippen LogP contribution in [-0.4, -0.2) is 41.1 Å². The lowest BCUT2D eigenvalue weighted by Crippen LogP contribution is -2.19. The van der Waals surface area contributed by atoms with Crippen molar-refractivity contribution in [3.8, 4) is 23.3 Å². The number of alkyl halides is 3. The second kappa shape index (κ2) is 7.80. The van der Waals surface area contributed by atoms with Crippen molar-refractivity contribution in [2.75, 3.05) is 11.1 Å². The minimum Gasteiger partial charge on any atom is -0.384 e. The highest BCUT2D eigenvalue weighted by Crippen LogP contribution is 2.35. The lowest BCUT2D eigenvalue weighted by molar-refractivity contribution is -0.141. The first-order valence-corrected chi connectivity index (χ1v) is 8.74. The summed E-state index contributed by atoms with van der Waals surface area (Å²) in [6.07, 6.45) is -0.989. The summed E-state index contributed by atoms with van der Waals surface area (Å²) in [5.74, 6) is -1.02. The van der Waals surface area contributed by atoms with Gasteiger partial charge in [-0.2, -0.15) is 33.7 Å². The normalized spacial score (nSPS) is 11.2. The summed E-state index contributed by atoms with van der Waals surface area (Å²) in [6, 6.07) is 7.37. The van der Waals surface area contributed by atoms with Gasteiger partial charge in [-0.3, -0.25) is 9.89 Å². The van der Waals surface area contributed by atoms with E-state index in [9.17, 15) is 23.2 Å². The van der Waals surface area contributed by atoms with Gasteiger partial charge in [-0.15, -0.1) is 4.80 Å². The third-order valence-electron chi connectivity index (χ3n) is 4.14. The van der Waals surface area contributed by atoms with Gasteiger partial charge in [0.2, 0.25) is 0 Å². The first kappa shape index (κ1) is 20.5. The summed E-state index contributed by atoms with van der Waals surface area (Å²) < 4.78 is 40.5. The monoisotopic (exact) mass is 440 g/mol. The number of halogens is 3. The predicted molar refractivity (Wildman–Crippen MR) is 103 cm³/mol. The van der Waals surface area contributed by atoms with Gasteiger partial charge in [-0.05, 0) is 18.2 Å². The number of hydrogen-bond acceptors (Lipinski definition) is 8. The molecule has 1 amide bonds. The van der Waals surface area contributed by atoms with E-state index in [1.165, 1.54) is 36.7 Å². The van der Waals surface area contributed by atoms with Crippen molar-refractivity contribution in [2.24, 2.45) is 0 Å². The van der Waals surface area contributed by atoms with Crippen molar-refractivity contribution in [3.63, 3.8) is 0 Å². The highest BCUT2D eigenvalue weighted by Gasteiger charge is 2.40. The number of carbonyl (C=O) groups excluding carboxylic acids is 1. The number of rotatable bonds is 4. The fourth-order valence-electron chi connectivity index (χ4n) is 2.82. The lowest BCUT2D eigenvalue weighted by atomic mass is 10.1. The van der Waals surface area contributed by atoms with Crippen LogP contribution in [0.3, 0.4) is 0 Å². The van der Waals surface area contributed by atoms with Gasteiger partial charge in [0.25, 0.3) is 5.91 Å². The number of nitrogens with zero attached hydrogens (tertiary/aromatic N) is 7. The van der Waals surface area contributed by atoms with Crippen molar-refractivity contribution >= 4 is 17.4 Å². The Morgan fingerprint density at radius 1 is 1.25 bits per heavy atom. The van der Waals surface area contributed by atoms with Gasteiger partial charge in [0, 0.05) is 0 Å². The molecular weight excluding hydrogens is 429 g/mol. The second-order valence-electron chi connectivity index (χ2n) is 6.25. The standard InChI is InChI=1S/C18H11F3N10O/c19-18(20,21)15-13(14(29-30-15)11-2-1-3-12(23)28-11)17(32)27-10-6-9(7-22)16(24-8-10)31-25-4-5-26-31/h1-6,8H,(H2,23,28)(H,27,32)(H,29,30). The van der Waals surface area contributed by atoms with Gasteiger partial charge in [-0.1, -0.05) is 6.07 Å². The van der Waals surface area contributed by atoms with E-state index in [-0.39, 0.29) is 34.3 Å². The molecule has 0 aliphatic carbocycles. The van der Waals surface area contributed by atoms with Gasteiger partial charge in [0.05, 0.1) is 35.5 Å². The average molecular weight is 440 g/mol. The molecule has 4 N–H and O–H groups in total. The second-order valence-corrected chi connectivity index (χ2v) is 6.25. The number of anilines is 2. The molecule has 0 aliphatic heterocycles. The molecule has 0 aromatic carbocycles. The number of nitriles is 1. The molecule has 4 heterocycles. The third-order valence-corrected chi connectivity index (χ3v) is 4.14. The van der Waals surface area contributed by atoms with Crippen molar-refractivity contribution in [2.45, 2.75) is 6.18 Å². The number of nitrogens with one attached hydrogen (secondary N) is 2. The van der Waals surface area contributed by atoms with E-state index in [2.05, 4.69) is 30.6 Å². The highest BCUT2D eigenvalue weighted by molar-refractivity contribution is 6.09. The van der Waals surface area contributed by atoms with Crippen LogP contribution in [0.2, 0.25) is 0 Å². The van der Waals surface area contributed by atoms with Crippen molar-refractivity contribution in [3.05, 3.63) is 59.7 Å². The predicted octanol–water partition coefficient (Wildman–Crippen LogP) is 2.17. The van der Waals surface area contributed by atoms with Crippen LogP contribution in [0.1, 0.15) is 21.6 Å². The zero-order valence-electron chi connectivity index (χ0n) is 15.8. The summed E-state index contributed by atoms with van der Waals surface area (Å²) in [4.78, 5) is 21.9. The maximum absolute atomic E-state index is 13.5. The van der Waals surface area contributed by atoms with E-state index >= 15 is 0 Å². The van der Waals surface area contributed by atoms with Crippen LogP contribution in [0.5, 0.6) is 0 Å². The first-order chi connectivity index (χ1) is 15.3. The van der Waals surface area contributed by atoms with E-state index in [1.54, 1.807) is 0 Å². The molecule has 0 spiro atoms. The summed E-state index contributed by atoms with van der Waals surface area (Å²) in [7, 11) is 0. The molecule has 14 heteroatoms. The van der Waals surface area contributed by atoms with Crippen LogP contribution in [0.4, 0.5) is 24.7 Å². The summed E-state index contributed by atoms with van der Waals surface area (Å²) in [6.45, 7) is 0. The SMILES string of the molecule is N#Cc1cc(NC(=O)c2c(-c3cccc(N)n3)n[nH]c2C(F)(F)F)cnc1-n1nccn1. The third kappa shape index (κ3) is 3.81. The molecule has 160 valence electrons. The maximum Gasteiger partial charge on any atom is 0.433 e. The van der Waals surface area contributed by atoms with Crippen LogP contribution < -0.4 is 11.1 Å². The van der Waals surface area contributed by atoms with Crippen LogP contribution >= 0.6 is 0 Å². The Balaban J connectivity index is 1.74. The van der Waals surface area contributed by atoms with Crippen molar-refractivity contribution < 1.29 is 18.0 Å². The van der Waals surface area contributed by atoms with Crippen molar-refractivity contribution in [1.29, 1.82) is 5.26 Å². The molecule has 32 heavy (non-hydrogen) atoms. The molecule has 0 radical (unpaired) electrons. The summed E-state index contributed by atoms with van der Waals surface area (Å²) >= 11 is 0. The number of aromatic amines is 1. The fourth-order valence-corrected chi connectivity index (χ4v) is 2.82. The van der Waals surface area contributed by atoms with E-state index < -0.39 is 23.3 Å².